The van der Waals surface area contributed by atoms with Gasteiger partial charge in [-0.05, 0) is 54.5 Å². The summed E-state index contributed by atoms with van der Waals surface area (Å²) in [6, 6.07) is 6.74. The highest BCUT2D eigenvalue weighted by atomic mass is 19.4. The summed E-state index contributed by atoms with van der Waals surface area (Å²) < 4.78 is 78.9. The number of ketones is 1. The minimum Gasteiger partial charge on any atom is -0.343 e. The quantitative estimate of drug-likeness (QED) is 0.516. The summed E-state index contributed by atoms with van der Waals surface area (Å²) in [6.07, 6.45) is -8.24. The van der Waals surface area contributed by atoms with Crippen molar-refractivity contribution in [2.45, 2.75) is 43.6 Å². The number of Topliss-reactive ketones (excluding diaryl/α,β-unsaturated/α-hetero) is 1. The molecule has 1 aliphatic heterocycles. The lowest BCUT2D eigenvalue weighted by Crippen LogP contribution is -2.45. The Kier molecular flexibility index (Phi) is 4.71. The standard InChI is InChI=1S/C22H17F6NO2/c1-20(13-6-7-13)18(30)17(19(31)29-20)12-4-2-11(3-5-12)15-9-8-14(21(23,24)25)10-16(15)22(26,27)28/h2-5,8-10,13,17H,6-7H2,1H3,(H,29,31). The van der Waals surface area contributed by atoms with E-state index in [-0.39, 0.29) is 23.3 Å². The van der Waals surface area contributed by atoms with Gasteiger partial charge in [-0.25, -0.2) is 0 Å². The molecule has 2 unspecified atom stereocenters. The van der Waals surface area contributed by atoms with Gasteiger partial charge in [0.15, 0.2) is 5.78 Å². The molecule has 0 bridgehead atoms. The van der Waals surface area contributed by atoms with Crippen molar-refractivity contribution in [3.63, 3.8) is 0 Å². The SMILES string of the molecule is CC1(C2CC2)NC(=O)C(c2ccc(-c3ccc(C(F)(F)F)cc3C(F)(F)F)cc2)C1=O. The molecule has 2 aromatic carbocycles. The Hall–Kier alpha value is -2.84. The van der Waals surface area contributed by atoms with Crippen molar-refractivity contribution < 1.29 is 35.9 Å². The maximum absolute atomic E-state index is 13.4. The molecular formula is C22H17F6NO2. The van der Waals surface area contributed by atoms with E-state index in [1.807, 2.05) is 0 Å². The molecule has 1 amide bonds. The second kappa shape index (κ2) is 6.83. The maximum atomic E-state index is 13.4. The lowest BCUT2D eigenvalue weighted by Gasteiger charge is -2.21. The van der Waals surface area contributed by atoms with Gasteiger partial charge < -0.3 is 5.32 Å². The van der Waals surface area contributed by atoms with Crippen LogP contribution in [0.4, 0.5) is 26.3 Å². The second-order valence-corrected chi connectivity index (χ2v) is 8.14. The summed E-state index contributed by atoms with van der Waals surface area (Å²) in [5.74, 6) is -1.72. The highest BCUT2D eigenvalue weighted by Crippen LogP contribution is 2.46. The van der Waals surface area contributed by atoms with Crippen LogP contribution in [0.3, 0.4) is 0 Å². The van der Waals surface area contributed by atoms with Gasteiger partial charge in [-0.1, -0.05) is 30.3 Å². The third kappa shape index (κ3) is 3.70. The minimum absolute atomic E-state index is 0.0283. The molecule has 3 nitrogen and oxygen atoms in total. The van der Waals surface area contributed by atoms with Gasteiger partial charge in [0, 0.05) is 0 Å². The van der Waals surface area contributed by atoms with Crippen LogP contribution in [0, 0.1) is 5.92 Å². The van der Waals surface area contributed by atoms with E-state index in [1.54, 1.807) is 6.92 Å². The molecule has 1 heterocycles. The normalized spacial score (nSPS) is 24.4. The van der Waals surface area contributed by atoms with E-state index in [1.165, 1.54) is 24.3 Å². The highest BCUT2D eigenvalue weighted by molar-refractivity contribution is 6.17. The number of benzene rings is 2. The number of amides is 1. The third-order valence-corrected chi connectivity index (χ3v) is 6.02. The first-order chi connectivity index (χ1) is 14.3. The van der Waals surface area contributed by atoms with Crippen LogP contribution < -0.4 is 5.32 Å². The number of alkyl halides is 6. The third-order valence-electron chi connectivity index (χ3n) is 6.02. The Morgan fingerprint density at radius 3 is 2.03 bits per heavy atom. The van der Waals surface area contributed by atoms with Crippen LogP contribution in [0.25, 0.3) is 11.1 Å². The van der Waals surface area contributed by atoms with Crippen molar-refractivity contribution in [3.05, 3.63) is 59.2 Å². The lowest BCUT2D eigenvalue weighted by molar-refractivity contribution is -0.142. The van der Waals surface area contributed by atoms with Crippen molar-refractivity contribution in [2.75, 3.05) is 0 Å². The number of carbonyl (C=O) groups excluding carboxylic acids is 2. The van der Waals surface area contributed by atoms with E-state index < -0.39 is 46.4 Å². The monoisotopic (exact) mass is 441 g/mol. The van der Waals surface area contributed by atoms with E-state index >= 15 is 0 Å². The molecule has 0 aromatic heterocycles. The molecule has 1 saturated heterocycles. The van der Waals surface area contributed by atoms with Crippen LogP contribution in [-0.4, -0.2) is 17.2 Å². The molecule has 1 aliphatic carbocycles. The Bertz CT molecular complexity index is 1050. The summed E-state index contributed by atoms with van der Waals surface area (Å²) in [5, 5.41) is 2.74. The lowest BCUT2D eigenvalue weighted by atomic mass is 9.84. The van der Waals surface area contributed by atoms with Crippen LogP contribution in [0.1, 0.15) is 42.4 Å². The van der Waals surface area contributed by atoms with E-state index in [0.29, 0.717) is 11.6 Å². The van der Waals surface area contributed by atoms with Gasteiger partial charge in [-0.3, -0.25) is 9.59 Å². The predicted octanol–water partition coefficient (Wildman–Crippen LogP) is 5.34. The van der Waals surface area contributed by atoms with Gasteiger partial charge >= 0.3 is 12.4 Å². The Morgan fingerprint density at radius 2 is 1.52 bits per heavy atom. The summed E-state index contributed by atoms with van der Waals surface area (Å²) in [5.41, 5.74) is -3.82. The molecule has 0 spiro atoms. The number of rotatable bonds is 3. The first kappa shape index (κ1) is 21.4. The molecule has 2 aromatic rings. The molecular weight excluding hydrogens is 424 g/mol. The fourth-order valence-electron chi connectivity index (χ4n) is 4.14. The largest absolute Gasteiger partial charge is 0.417 e. The first-order valence-corrected chi connectivity index (χ1v) is 9.57. The van der Waals surface area contributed by atoms with Crippen molar-refractivity contribution in [2.24, 2.45) is 5.92 Å². The molecule has 2 atom stereocenters. The van der Waals surface area contributed by atoms with E-state index in [9.17, 15) is 35.9 Å². The zero-order valence-corrected chi connectivity index (χ0v) is 16.2. The smallest absolute Gasteiger partial charge is 0.343 e. The number of nitrogens with one attached hydrogen (secondary N) is 1. The molecule has 4 rings (SSSR count). The van der Waals surface area contributed by atoms with Gasteiger partial charge in [0.1, 0.15) is 5.92 Å². The summed E-state index contributed by atoms with van der Waals surface area (Å²) in [7, 11) is 0. The van der Waals surface area contributed by atoms with Crippen LogP contribution >= 0.6 is 0 Å². The van der Waals surface area contributed by atoms with Crippen molar-refractivity contribution in [1.29, 1.82) is 0 Å². The first-order valence-electron chi connectivity index (χ1n) is 9.57. The molecule has 1 saturated carbocycles. The number of hydrogen-bond acceptors (Lipinski definition) is 2. The minimum atomic E-state index is -5.00. The number of carbonyl (C=O) groups is 2. The topological polar surface area (TPSA) is 46.2 Å². The maximum Gasteiger partial charge on any atom is 0.417 e. The van der Waals surface area contributed by atoms with Gasteiger partial charge in [0.25, 0.3) is 0 Å². The summed E-state index contributed by atoms with van der Waals surface area (Å²) in [6.45, 7) is 1.68. The zero-order chi connectivity index (χ0) is 22.8. The average Bonchev–Trinajstić information content (AvgIpc) is 3.49. The van der Waals surface area contributed by atoms with Gasteiger partial charge in [-0.2, -0.15) is 26.3 Å². The van der Waals surface area contributed by atoms with Crippen LogP contribution in [-0.2, 0) is 21.9 Å². The fourth-order valence-corrected chi connectivity index (χ4v) is 4.14. The molecule has 0 radical (unpaired) electrons. The number of halogens is 6. The molecule has 1 N–H and O–H groups in total. The van der Waals surface area contributed by atoms with Gasteiger partial charge in [-0.15, -0.1) is 0 Å². The second-order valence-electron chi connectivity index (χ2n) is 8.14. The van der Waals surface area contributed by atoms with Crippen LogP contribution in [0.2, 0.25) is 0 Å². The Morgan fingerprint density at radius 1 is 0.903 bits per heavy atom. The summed E-state index contributed by atoms with van der Waals surface area (Å²) >= 11 is 0. The van der Waals surface area contributed by atoms with Gasteiger partial charge in [0.2, 0.25) is 5.91 Å². The summed E-state index contributed by atoms with van der Waals surface area (Å²) in [4.78, 5) is 25.3. The Labute approximate surface area is 173 Å². The molecule has 2 fully saturated rings. The van der Waals surface area contributed by atoms with Crippen LogP contribution in [0.5, 0.6) is 0 Å². The molecule has 31 heavy (non-hydrogen) atoms. The molecule has 2 aliphatic rings. The van der Waals surface area contributed by atoms with Crippen molar-refractivity contribution in [3.8, 4) is 11.1 Å². The Balaban J connectivity index is 1.69. The molecule has 9 heteroatoms. The van der Waals surface area contributed by atoms with Crippen molar-refractivity contribution >= 4 is 11.7 Å². The van der Waals surface area contributed by atoms with Crippen molar-refractivity contribution in [1.82, 2.24) is 5.32 Å². The van der Waals surface area contributed by atoms with E-state index in [2.05, 4.69) is 5.32 Å². The average molecular weight is 441 g/mol. The predicted molar refractivity (Wildman–Crippen MR) is 98.9 cm³/mol. The highest BCUT2D eigenvalue weighted by Gasteiger charge is 2.57. The molecule has 164 valence electrons. The fraction of sp³-hybridized carbons (Fsp3) is 0.364. The van der Waals surface area contributed by atoms with E-state index in [0.717, 1.165) is 18.9 Å². The number of hydrogen-bond donors (Lipinski definition) is 1. The van der Waals surface area contributed by atoms with E-state index in [4.69, 9.17) is 0 Å². The zero-order valence-electron chi connectivity index (χ0n) is 16.2. The van der Waals surface area contributed by atoms with Crippen LogP contribution in [0.15, 0.2) is 42.5 Å². The van der Waals surface area contributed by atoms with Gasteiger partial charge in [0.05, 0.1) is 16.7 Å².